The van der Waals surface area contributed by atoms with Crippen molar-refractivity contribution in [2.75, 3.05) is 13.1 Å². The smallest absolute Gasteiger partial charge is 0.107 e. The minimum atomic E-state index is 0.210. The van der Waals surface area contributed by atoms with Crippen LogP contribution in [0.3, 0.4) is 0 Å². The van der Waals surface area contributed by atoms with Gasteiger partial charge in [-0.05, 0) is 33.7 Å². The van der Waals surface area contributed by atoms with Crippen molar-refractivity contribution in [1.82, 2.24) is 15.2 Å². The summed E-state index contributed by atoms with van der Waals surface area (Å²) < 4.78 is 0. The van der Waals surface area contributed by atoms with Crippen molar-refractivity contribution in [3.63, 3.8) is 0 Å². The van der Waals surface area contributed by atoms with E-state index in [1.807, 2.05) is 6.20 Å². The third-order valence-electron chi connectivity index (χ3n) is 3.21. The first-order valence-corrected chi connectivity index (χ1v) is 6.82. The third kappa shape index (κ3) is 3.03. The second-order valence-electron chi connectivity index (χ2n) is 5.28. The van der Waals surface area contributed by atoms with Crippen molar-refractivity contribution in [3.05, 3.63) is 16.6 Å². The number of rotatable bonds is 2. The summed E-state index contributed by atoms with van der Waals surface area (Å²) in [7, 11) is 0. The quantitative estimate of drug-likeness (QED) is 0.856. The lowest BCUT2D eigenvalue weighted by Gasteiger charge is -2.32. The largest absolute Gasteiger partial charge is 0.310 e. The molecule has 0 aromatic carbocycles. The number of nitrogens with one attached hydrogen (secondary N) is 1. The van der Waals surface area contributed by atoms with Gasteiger partial charge in [0.25, 0.3) is 0 Å². The molecular formula is C12H21N3S. The molecule has 90 valence electrons. The molecule has 16 heavy (non-hydrogen) atoms. The van der Waals surface area contributed by atoms with E-state index in [1.54, 1.807) is 11.3 Å². The Labute approximate surface area is 102 Å². The number of hydrogen-bond acceptors (Lipinski definition) is 4. The minimum absolute atomic E-state index is 0.210. The number of hydrogen-bond donors (Lipinski definition) is 1. The molecule has 1 N–H and O–H groups in total. The molecule has 0 saturated carbocycles. The predicted octanol–water partition coefficient (Wildman–Crippen LogP) is 2.11. The average molecular weight is 239 g/mol. The van der Waals surface area contributed by atoms with Gasteiger partial charge in [-0.15, -0.1) is 11.3 Å². The summed E-state index contributed by atoms with van der Waals surface area (Å²) in [5.74, 6) is 0. The molecule has 0 radical (unpaired) electrons. The van der Waals surface area contributed by atoms with E-state index in [9.17, 15) is 0 Å². The van der Waals surface area contributed by atoms with Gasteiger partial charge in [-0.25, -0.2) is 4.98 Å². The molecule has 3 nitrogen and oxygen atoms in total. The summed E-state index contributed by atoms with van der Waals surface area (Å²) in [5, 5.41) is 6.89. The van der Waals surface area contributed by atoms with Crippen LogP contribution in [0.15, 0.2) is 11.6 Å². The highest BCUT2D eigenvalue weighted by Crippen LogP contribution is 2.19. The van der Waals surface area contributed by atoms with Gasteiger partial charge in [0.05, 0.1) is 6.54 Å². The molecule has 1 aromatic heterocycles. The first kappa shape index (κ1) is 12.0. The second-order valence-corrected chi connectivity index (χ2v) is 6.26. The maximum absolute atomic E-state index is 4.38. The Balaban J connectivity index is 2.05. The van der Waals surface area contributed by atoms with Crippen LogP contribution in [0.4, 0.5) is 0 Å². The molecule has 4 heteroatoms. The van der Waals surface area contributed by atoms with Crippen LogP contribution in [-0.4, -0.2) is 34.6 Å². The van der Waals surface area contributed by atoms with Crippen molar-refractivity contribution < 1.29 is 0 Å². The standard InChI is InChI=1S/C12H21N3S/c1-10-4-5-14-12(2,3)9-15(10)8-11-13-6-7-16-11/h6-7,10,14H,4-5,8-9H2,1-3H3. The zero-order chi connectivity index (χ0) is 11.6. The fourth-order valence-electron chi connectivity index (χ4n) is 2.24. The van der Waals surface area contributed by atoms with E-state index >= 15 is 0 Å². The summed E-state index contributed by atoms with van der Waals surface area (Å²) in [6.07, 6.45) is 3.11. The monoisotopic (exact) mass is 239 g/mol. The zero-order valence-electron chi connectivity index (χ0n) is 10.4. The van der Waals surface area contributed by atoms with Gasteiger partial charge in [0.2, 0.25) is 0 Å². The lowest BCUT2D eigenvalue weighted by Crippen LogP contribution is -2.47. The van der Waals surface area contributed by atoms with E-state index in [0.29, 0.717) is 6.04 Å². The first-order valence-electron chi connectivity index (χ1n) is 5.94. The van der Waals surface area contributed by atoms with E-state index in [2.05, 4.69) is 41.4 Å². The highest BCUT2D eigenvalue weighted by atomic mass is 32.1. The molecular weight excluding hydrogens is 218 g/mol. The topological polar surface area (TPSA) is 28.2 Å². The van der Waals surface area contributed by atoms with Crippen LogP contribution in [0.2, 0.25) is 0 Å². The van der Waals surface area contributed by atoms with Gasteiger partial charge in [-0.3, -0.25) is 4.90 Å². The van der Waals surface area contributed by atoms with Crippen LogP contribution < -0.4 is 5.32 Å². The van der Waals surface area contributed by atoms with E-state index in [4.69, 9.17) is 0 Å². The van der Waals surface area contributed by atoms with Crippen molar-refractivity contribution in [2.24, 2.45) is 0 Å². The summed E-state index contributed by atoms with van der Waals surface area (Å²) in [4.78, 5) is 6.92. The molecule has 1 saturated heterocycles. The maximum atomic E-state index is 4.38. The van der Waals surface area contributed by atoms with Gasteiger partial charge >= 0.3 is 0 Å². The molecule has 1 atom stereocenters. The molecule has 1 unspecified atom stereocenters. The Morgan fingerprint density at radius 3 is 3.12 bits per heavy atom. The van der Waals surface area contributed by atoms with Gasteiger partial charge in [-0.2, -0.15) is 0 Å². The Bertz CT molecular complexity index is 321. The Morgan fingerprint density at radius 1 is 1.62 bits per heavy atom. The SMILES string of the molecule is CC1CCNC(C)(C)CN1Cc1nccs1. The van der Waals surface area contributed by atoms with E-state index in [-0.39, 0.29) is 5.54 Å². The van der Waals surface area contributed by atoms with Crippen LogP contribution in [0, 0.1) is 0 Å². The number of aromatic nitrogens is 1. The van der Waals surface area contributed by atoms with Gasteiger partial charge in [0.15, 0.2) is 0 Å². The third-order valence-corrected chi connectivity index (χ3v) is 3.97. The molecule has 0 spiro atoms. The van der Waals surface area contributed by atoms with Gasteiger partial charge in [0.1, 0.15) is 5.01 Å². The van der Waals surface area contributed by atoms with Crippen molar-refractivity contribution in [2.45, 2.75) is 45.3 Å². The maximum Gasteiger partial charge on any atom is 0.107 e. The lowest BCUT2D eigenvalue weighted by molar-refractivity contribution is 0.173. The van der Waals surface area contributed by atoms with Crippen molar-refractivity contribution in [3.8, 4) is 0 Å². The van der Waals surface area contributed by atoms with Gasteiger partial charge in [0, 0.05) is 29.7 Å². The normalized spacial score (nSPS) is 26.6. The average Bonchev–Trinajstić information content (AvgIpc) is 2.64. The van der Waals surface area contributed by atoms with Crippen LogP contribution in [0.5, 0.6) is 0 Å². The Morgan fingerprint density at radius 2 is 2.44 bits per heavy atom. The summed E-state index contributed by atoms with van der Waals surface area (Å²) in [6, 6.07) is 0.637. The molecule has 1 fully saturated rings. The number of thiazole rings is 1. The van der Waals surface area contributed by atoms with E-state index in [1.165, 1.54) is 11.4 Å². The Kier molecular flexibility index (Phi) is 3.62. The highest BCUT2D eigenvalue weighted by molar-refractivity contribution is 7.09. The van der Waals surface area contributed by atoms with Crippen LogP contribution in [0.1, 0.15) is 32.2 Å². The minimum Gasteiger partial charge on any atom is -0.310 e. The first-order chi connectivity index (χ1) is 7.57. The molecule has 0 aliphatic carbocycles. The summed E-state index contributed by atoms with van der Waals surface area (Å²) >= 11 is 1.75. The highest BCUT2D eigenvalue weighted by Gasteiger charge is 2.28. The molecule has 0 amide bonds. The molecule has 1 aliphatic rings. The molecule has 2 rings (SSSR count). The van der Waals surface area contributed by atoms with Crippen LogP contribution in [0.25, 0.3) is 0 Å². The van der Waals surface area contributed by atoms with E-state index in [0.717, 1.165) is 19.6 Å². The lowest BCUT2D eigenvalue weighted by atomic mass is 10.1. The fourth-order valence-corrected chi connectivity index (χ4v) is 2.88. The molecule has 0 bridgehead atoms. The summed E-state index contributed by atoms with van der Waals surface area (Å²) in [5.41, 5.74) is 0.210. The Hall–Kier alpha value is -0.450. The zero-order valence-corrected chi connectivity index (χ0v) is 11.2. The fraction of sp³-hybridized carbons (Fsp3) is 0.750. The molecule has 2 heterocycles. The molecule has 1 aromatic rings. The van der Waals surface area contributed by atoms with Gasteiger partial charge in [-0.1, -0.05) is 0 Å². The van der Waals surface area contributed by atoms with E-state index < -0.39 is 0 Å². The van der Waals surface area contributed by atoms with Crippen molar-refractivity contribution in [1.29, 1.82) is 0 Å². The number of nitrogens with zero attached hydrogens (tertiary/aromatic N) is 2. The van der Waals surface area contributed by atoms with Crippen LogP contribution in [-0.2, 0) is 6.54 Å². The predicted molar refractivity (Wildman–Crippen MR) is 68.7 cm³/mol. The van der Waals surface area contributed by atoms with Gasteiger partial charge < -0.3 is 5.32 Å². The van der Waals surface area contributed by atoms with Crippen molar-refractivity contribution >= 4 is 11.3 Å². The second kappa shape index (κ2) is 4.82. The van der Waals surface area contributed by atoms with Crippen LogP contribution >= 0.6 is 11.3 Å². The summed E-state index contributed by atoms with van der Waals surface area (Å²) in [6.45, 7) is 10.1. The molecule has 1 aliphatic heterocycles.